The zero-order valence-electron chi connectivity index (χ0n) is 13.5. The van der Waals surface area contributed by atoms with Crippen LogP contribution >= 0.6 is 0 Å². The number of rotatable bonds is 7. The maximum Gasteiger partial charge on any atom is 0.241 e. The SMILES string of the molecule is CCOc1ccccc1NC(=O)C(C)N(C)CC(C)(C)O. The molecule has 0 radical (unpaired) electrons. The summed E-state index contributed by atoms with van der Waals surface area (Å²) in [7, 11) is 1.82. The van der Waals surface area contributed by atoms with Gasteiger partial charge in [0.15, 0.2) is 0 Å². The molecule has 1 aromatic carbocycles. The van der Waals surface area contributed by atoms with Crippen molar-refractivity contribution in [3.63, 3.8) is 0 Å². The fraction of sp³-hybridized carbons (Fsp3) is 0.562. The molecule has 1 atom stereocenters. The number of ether oxygens (including phenoxy) is 1. The molecule has 0 saturated carbocycles. The molecule has 0 saturated heterocycles. The van der Waals surface area contributed by atoms with Crippen LogP contribution in [0.3, 0.4) is 0 Å². The van der Waals surface area contributed by atoms with E-state index in [1.807, 2.05) is 50.1 Å². The van der Waals surface area contributed by atoms with Gasteiger partial charge in [0.2, 0.25) is 5.91 Å². The topological polar surface area (TPSA) is 61.8 Å². The third-order valence-corrected chi connectivity index (χ3v) is 3.12. The van der Waals surface area contributed by atoms with Crippen molar-refractivity contribution in [1.29, 1.82) is 0 Å². The summed E-state index contributed by atoms with van der Waals surface area (Å²) in [6.07, 6.45) is 0. The summed E-state index contributed by atoms with van der Waals surface area (Å²) < 4.78 is 5.49. The average molecular weight is 294 g/mol. The summed E-state index contributed by atoms with van der Waals surface area (Å²) in [5, 5.41) is 12.7. The van der Waals surface area contributed by atoms with Crippen LogP contribution < -0.4 is 10.1 Å². The molecule has 1 rings (SSSR count). The van der Waals surface area contributed by atoms with E-state index in [2.05, 4.69) is 5.32 Å². The van der Waals surface area contributed by atoms with Gasteiger partial charge in [0.1, 0.15) is 5.75 Å². The molecule has 1 amide bonds. The summed E-state index contributed by atoms with van der Waals surface area (Å²) in [6, 6.07) is 7.00. The van der Waals surface area contributed by atoms with Gasteiger partial charge >= 0.3 is 0 Å². The van der Waals surface area contributed by atoms with Gasteiger partial charge in [-0.2, -0.15) is 0 Å². The van der Waals surface area contributed by atoms with Crippen molar-refractivity contribution in [2.75, 3.05) is 25.5 Å². The molecule has 2 N–H and O–H groups in total. The van der Waals surface area contributed by atoms with Gasteiger partial charge in [-0.15, -0.1) is 0 Å². The summed E-state index contributed by atoms with van der Waals surface area (Å²) in [5.41, 5.74) is -0.181. The Morgan fingerprint density at radius 2 is 2.05 bits per heavy atom. The van der Waals surface area contributed by atoms with Crippen molar-refractivity contribution in [2.45, 2.75) is 39.3 Å². The molecule has 0 heterocycles. The van der Waals surface area contributed by atoms with Crippen molar-refractivity contribution >= 4 is 11.6 Å². The highest BCUT2D eigenvalue weighted by Gasteiger charge is 2.24. The van der Waals surface area contributed by atoms with E-state index in [-0.39, 0.29) is 11.9 Å². The molecular weight excluding hydrogens is 268 g/mol. The Hall–Kier alpha value is -1.59. The molecular formula is C16H26N2O3. The van der Waals surface area contributed by atoms with E-state index in [4.69, 9.17) is 4.74 Å². The normalized spacial score (nSPS) is 13.1. The van der Waals surface area contributed by atoms with Crippen LogP contribution in [0.15, 0.2) is 24.3 Å². The lowest BCUT2D eigenvalue weighted by Gasteiger charge is -2.29. The maximum absolute atomic E-state index is 12.3. The first-order chi connectivity index (χ1) is 9.74. The van der Waals surface area contributed by atoms with Gasteiger partial charge in [-0.1, -0.05) is 12.1 Å². The number of nitrogens with one attached hydrogen (secondary N) is 1. The molecule has 0 spiro atoms. The molecule has 0 aliphatic rings. The van der Waals surface area contributed by atoms with Crippen LogP contribution in [0.2, 0.25) is 0 Å². The monoisotopic (exact) mass is 294 g/mol. The minimum atomic E-state index is -0.841. The van der Waals surface area contributed by atoms with E-state index in [9.17, 15) is 9.90 Å². The second-order valence-corrected chi connectivity index (χ2v) is 5.82. The first-order valence-corrected chi connectivity index (χ1v) is 7.20. The maximum atomic E-state index is 12.3. The Labute approximate surface area is 126 Å². The van der Waals surface area contributed by atoms with Gasteiger partial charge in [0.25, 0.3) is 0 Å². The quantitative estimate of drug-likeness (QED) is 0.808. The van der Waals surface area contributed by atoms with E-state index in [0.717, 1.165) is 0 Å². The minimum Gasteiger partial charge on any atom is -0.492 e. The van der Waals surface area contributed by atoms with Crippen LogP contribution in [0, 0.1) is 0 Å². The smallest absolute Gasteiger partial charge is 0.241 e. The number of benzene rings is 1. The number of nitrogens with zero attached hydrogens (tertiary/aromatic N) is 1. The fourth-order valence-electron chi connectivity index (χ4n) is 2.04. The number of amides is 1. The minimum absolute atomic E-state index is 0.131. The lowest BCUT2D eigenvalue weighted by atomic mass is 10.1. The Balaban J connectivity index is 2.72. The molecule has 1 aromatic rings. The average Bonchev–Trinajstić information content (AvgIpc) is 2.38. The molecule has 118 valence electrons. The molecule has 21 heavy (non-hydrogen) atoms. The van der Waals surface area contributed by atoms with E-state index in [0.29, 0.717) is 24.6 Å². The molecule has 5 heteroatoms. The lowest BCUT2D eigenvalue weighted by Crippen LogP contribution is -2.46. The standard InChI is InChI=1S/C16H26N2O3/c1-6-21-14-10-8-7-9-13(14)17-15(19)12(2)18(5)11-16(3,4)20/h7-10,12,20H,6,11H2,1-5H3,(H,17,19). The van der Waals surface area contributed by atoms with Gasteiger partial charge in [-0.05, 0) is 46.9 Å². The number of carbonyl (C=O) groups is 1. The highest BCUT2D eigenvalue weighted by atomic mass is 16.5. The molecule has 0 aromatic heterocycles. The predicted octanol–water partition coefficient (Wildman–Crippen LogP) is 2.12. The molecule has 0 aliphatic heterocycles. The first kappa shape index (κ1) is 17.5. The Morgan fingerprint density at radius 3 is 2.62 bits per heavy atom. The second-order valence-electron chi connectivity index (χ2n) is 5.82. The van der Waals surface area contributed by atoms with Gasteiger partial charge < -0.3 is 15.2 Å². The Bertz CT molecular complexity index is 469. The summed E-state index contributed by atoms with van der Waals surface area (Å²) >= 11 is 0. The third-order valence-electron chi connectivity index (χ3n) is 3.12. The first-order valence-electron chi connectivity index (χ1n) is 7.20. The highest BCUT2D eigenvalue weighted by molar-refractivity contribution is 5.95. The van der Waals surface area contributed by atoms with Crippen LogP contribution in [-0.4, -0.2) is 47.8 Å². The van der Waals surface area contributed by atoms with Crippen LogP contribution in [0.25, 0.3) is 0 Å². The third kappa shape index (κ3) is 5.73. The van der Waals surface area contributed by atoms with E-state index in [1.165, 1.54) is 0 Å². The molecule has 5 nitrogen and oxygen atoms in total. The van der Waals surface area contributed by atoms with Gasteiger partial charge in [0.05, 0.1) is 23.9 Å². The van der Waals surface area contributed by atoms with Crippen molar-refractivity contribution in [3.05, 3.63) is 24.3 Å². The van der Waals surface area contributed by atoms with Crippen LogP contribution in [0.4, 0.5) is 5.69 Å². The van der Waals surface area contributed by atoms with E-state index < -0.39 is 5.60 Å². The van der Waals surface area contributed by atoms with Crippen LogP contribution in [-0.2, 0) is 4.79 Å². The fourth-order valence-corrected chi connectivity index (χ4v) is 2.04. The summed E-state index contributed by atoms with van der Waals surface area (Å²) in [6.45, 7) is 8.11. The molecule has 0 aliphatic carbocycles. The number of hydrogen-bond acceptors (Lipinski definition) is 4. The predicted molar refractivity (Wildman–Crippen MR) is 84.6 cm³/mol. The van der Waals surface area contributed by atoms with Gasteiger partial charge in [-0.25, -0.2) is 0 Å². The van der Waals surface area contributed by atoms with Crippen molar-refractivity contribution in [1.82, 2.24) is 4.90 Å². The number of anilines is 1. The Kier molecular flexibility index (Phi) is 6.18. The number of para-hydroxylation sites is 2. The molecule has 1 unspecified atom stereocenters. The summed E-state index contributed by atoms with van der Waals surface area (Å²) in [4.78, 5) is 14.1. The van der Waals surface area contributed by atoms with Crippen LogP contribution in [0.1, 0.15) is 27.7 Å². The zero-order valence-corrected chi connectivity index (χ0v) is 13.5. The largest absolute Gasteiger partial charge is 0.492 e. The molecule has 0 bridgehead atoms. The molecule has 0 fully saturated rings. The van der Waals surface area contributed by atoms with E-state index >= 15 is 0 Å². The van der Waals surface area contributed by atoms with Crippen LogP contribution in [0.5, 0.6) is 5.75 Å². The summed E-state index contributed by atoms with van der Waals surface area (Å²) in [5.74, 6) is 0.527. The highest BCUT2D eigenvalue weighted by Crippen LogP contribution is 2.24. The van der Waals surface area contributed by atoms with Crippen molar-refractivity contribution in [2.24, 2.45) is 0 Å². The van der Waals surface area contributed by atoms with Gasteiger partial charge in [0, 0.05) is 6.54 Å². The Morgan fingerprint density at radius 1 is 1.43 bits per heavy atom. The van der Waals surface area contributed by atoms with Crippen molar-refractivity contribution in [3.8, 4) is 5.75 Å². The second kappa shape index (κ2) is 7.43. The number of likely N-dealkylation sites (N-methyl/N-ethyl adjacent to an activating group) is 1. The van der Waals surface area contributed by atoms with E-state index in [1.54, 1.807) is 13.8 Å². The number of aliphatic hydroxyl groups is 1. The number of hydrogen-bond donors (Lipinski definition) is 2. The number of carbonyl (C=O) groups excluding carboxylic acids is 1. The van der Waals surface area contributed by atoms with Crippen molar-refractivity contribution < 1.29 is 14.6 Å². The van der Waals surface area contributed by atoms with Gasteiger partial charge in [-0.3, -0.25) is 9.69 Å². The zero-order chi connectivity index (χ0) is 16.0. The lowest BCUT2D eigenvalue weighted by molar-refractivity contribution is -0.121.